The summed E-state index contributed by atoms with van der Waals surface area (Å²) in [6, 6.07) is 11.2. The highest BCUT2D eigenvalue weighted by Crippen LogP contribution is 2.35. The second kappa shape index (κ2) is 4.82. The smallest absolute Gasteiger partial charge is 0.200 e. The van der Waals surface area contributed by atoms with E-state index in [2.05, 4.69) is 0 Å². The third kappa shape index (κ3) is 2.45. The van der Waals surface area contributed by atoms with Crippen molar-refractivity contribution in [3.05, 3.63) is 53.4 Å². The molecule has 1 aliphatic heterocycles. The van der Waals surface area contributed by atoms with E-state index in [0.717, 1.165) is 0 Å². The van der Waals surface area contributed by atoms with Gasteiger partial charge in [-0.2, -0.15) is 0 Å². The van der Waals surface area contributed by atoms with Crippen molar-refractivity contribution in [1.29, 1.82) is 0 Å². The Morgan fingerprint density at radius 2 is 1.90 bits per heavy atom. The molecule has 3 rings (SSSR count). The monoisotopic (exact) mass is 303 g/mol. The summed E-state index contributed by atoms with van der Waals surface area (Å²) in [5, 5.41) is 10.8. The minimum atomic E-state index is -3.45. The molecule has 3 N–H and O–H groups in total. The predicted molar refractivity (Wildman–Crippen MR) is 79.6 cm³/mol. The molecule has 1 heterocycles. The van der Waals surface area contributed by atoms with E-state index in [1.54, 1.807) is 30.3 Å². The minimum absolute atomic E-state index is 0.00625. The number of anilines is 1. The van der Waals surface area contributed by atoms with Gasteiger partial charge in [-0.25, -0.2) is 8.42 Å². The number of benzene rings is 2. The summed E-state index contributed by atoms with van der Waals surface area (Å²) in [5.41, 5.74) is 7.26. The quantitative estimate of drug-likeness (QED) is 0.848. The first-order chi connectivity index (χ1) is 9.97. The fourth-order valence-corrected chi connectivity index (χ4v) is 3.66. The van der Waals surface area contributed by atoms with E-state index in [1.807, 2.05) is 0 Å². The van der Waals surface area contributed by atoms with E-state index in [9.17, 15) is 13.5 Å². The number of fused-ring (bicyclic) bond motifs is 1. The number of hydrogen-bond acceptors (Lipinski definition) is 5. The molecule has 0 saturated carbocycles. The largest absolute Gasteiger partial charge is 0.504 e. The van der Waals surface area contributed by atoms with Crippen molar-refractivity contribution in [2.75, 3.05) is 12.3 Å². The molecule has 0 aliphatic carbocycles. The highest BCUT2D eigenvalue weighted by molar-refractivity contribution is 7.95. The molecule has 6 heteroatoms. The zero-order chi connectivity index (χ0) is 15.0. The van der Waals surface area contributed by atoms with Gasteiger partial charge in [0.2, 0.25) is 9.84 Å². The topological polar surface area (TPSA) is 89.6 Å². The van der Waals surface area contributed by atoms with Crippen molar-refractivity contribution in [3.8, 4) is 11.5 Å². The molecule has 0 unspecified atom stereocenters. The van der Waals surface area contributed by atoms with Gasteiger partial charge < -0.3 is 15.6 Å². The molecule has 0 aromatic heterocycles. The van der Waals surface area contributed by atoms with Gasteiger partial charge in [-0.3, -0.25) is 0 Å². The second-order valence-corrected chi connectivity index (χ2v) is 6.47. The molecule has 0 amide bonds. The molecule has 5 nitrogen and oxygen atoms in total. The van der Waals surface area contributed by atoms with Crippen LogP contribution in [0.4, 0.5) is 5.69 Å². The molecule has 0 fully saturated rings. The maximum Gasteiger partial charge on any atom is 0.200 e. The first kappa shape index (κ1) is 13.5. The van der Waals surface area contributed by atoms with Crippen LogP contribution in [-0.4, -0.2) is 20.1 Å². The number of sulfone groups is 1. The summed E-state index contributed by atoms with van der Waals surface area (Å²) >= 11 is 0. The molecule has 0 atom stereocenters. The van der Waals surface area contributed by atoms with Crippen LogP contribution in [0.15, 0.2) is 52.8 Å². The van der Waals surface area contributed by atoms with Gasteiger partial charge in [0.05, 0.1) is 4.90 Å². The molecule has 0 spiro atoms. The Morgan fingerprint density at radius 3 is 2.67 bits per heavy atom. The fraction of sp³-hybridized carbons (Fsp3) is 0.0667. The Hall–Kier alpha value is -2.47. The fourth-order valence-electron chi connectivity index (χ4n) is 2.21. The molecule has 2 aromatic carbocycles. The molecule has 0 radical (unpaired) electrons. The summed E-state index contributed by atoms with van der Waals surface area (Å²) in [5.74, 6) is 0.305. The standard InChI is InChI=1S/C15H13NO4S/c16-11-5-6-15-12(7-11)10(9-21(15,18)19)8-20-14-4-2-1-3-13(14)17/h1-7,9,17H,8,16H2. The number of nitrogens with two attached hydrogens (primary N) is 1. The van der Waals surface area contributed by atoms with Crippen LogP contribution >= 0.6 is 0 Å². The van der Waals surface area contributed by atoms with Crippen LogP contribution in [0.2, 0.25) is 0 Å². The van der Waals surface area contributed by atoms with Gasteiger partial charge in [-0.1, -0.05) is 12.1 Å². The van der Waals surface area contributed by atoms with Gasteiger partial charge in [-0.15, -0.1) is 0 Å². The molecule has 0 bridgehead atoms. The van der Waals surface area contributed by atoms with Gasteiger partial charge in [0, 0.05) is 22.2 Å². The van der Waals surface area contributed by atoms with Crippen LogP contribution in [0.5, 0.6) is 11.5 Å². The SMILES string of the molecule is Nc1ccc2c(c1)C(COc1ccccc1O)=CS2(=O)=O. The lowest BCUT2D eigenvalue weighted by Gasteiger charge is -2.09. The van der Waals surface area contributed by atoms with Crippen molar-refractivity contribution in [2.24, 2.45) is 0 Å². The van der Waals surface area contributed by atoms with Crippen LogP contribution in [0.1, 0.15) is 5.56 Å². The summed E-state index contributed by atoms with van der Waals surface area (Å²) in [6.45, 7) is 0.0350. The minimum Gasteiger partial charge on any atom is -0.504 e. The number of hydrogen-bond donors (Lipinski definition) is 2. The van der Waals surface area contributed by atoms with Crippen molar-refractivity contribution in [3.63, 3.8) is 0 Å². The van der Waals surface area contributed by atoms with E-state index in [-0.39, 0.29) is 17.3 Å². The maximum absolute atomic E-state index is 12.0. The number of rotatable bonds is 3. The van der Waals surface area contributed by atoms with Crippen LogP contribution in [0, 0.1) is 0 Å². The predicted octanol–water partition coefficient (Wildman–Crippen LogP) is 2.18. The van der Waals surface area contributed by atoms with E-state index in [4.69, 9.17) is 10.5 Å². The van der Waals surface area contributed by atoms with Gasteiger partial charge in [0.15, 0.2) is 11.5 Å². The molecule has 21 heavy (non-hydrogen) atoms. The first-order valence-electron chi connectivity index (χ1n) is 6.24. The van der Waals surface area contributed by atoms with Crippen molar-refractivity contribution in [2.45, 2.75) is 4.90 Å². The molecule has 2 aromatic rings. The number of ether oxygens (including phenoxy) is 1. The highest BCUT2D eigenvalue weighted by Gasteiger charge is 2.27. The van der Waals surface area contributed by atoms with Crippen LogP contribution in [0.3, 0.4) is 0 Å². The molecule has 0 saturated heterocycles. The van der Waals surface area contributed by atoms with Gasteiger partial charge in [-0.05, 0) is 30.3 Å². The van der Waals surface area contributed by atoms with E-state index < -0.39 is 9.84 Å². The van der Waals surface area contributed by atoms with Crippen molar-refractivity contribution < 1.29 is 18.3 Å². The first-order valence-corrected chi connectivity index (χ1v) is 7.78. The third-order valence-corrected chi connectivity index (χ3v) is 4.77. The molecular weight excluding hydrogens is 290 g/mol. The number of aromatic hydroxyl groups is 1. The third-order valence-electron chi connectivity index (χ3n) is 3.20. The Bertz CT molecular complexity index is 841. The summed E-state index contributed by atoms with van der Waals surface area (Å²) in [7, 11) is -3.45. The van der Waals surface area contributed by atoms with Gasteiger partial charge in [0.25, 0.3) is 0 Å². The number of nitrogen functional groups attached to an aromatic ring is 1. The normalized spacial score (nSPS) is 15.3. The number of phenolic OH excluding ortho intramolecular Hbond substituents is 1. The van der Waals surface area contributed by atoms with Crippen molar-refractivity contribution >= 4 is 21.1 Å². The number of phenols is 1. The van der Waals surface area contributed by atoms with Gasteiger partial charge in [0.1, 0.15) is 6.61 Å². The maximum atomic E-state index is 12.0. The summed E-state index contributed by atoms with van der Waals surface area (Å²) < 4.78 is 29.5. The zero-order valence-electron chi connectivity index (χ0n) is 11.0. The van der Waals surface area contributed by atoms with E-state index in [1.165, 1.54) is 17.5 Å². The average Bonchev–Trinajstić information content (AvgIpc) is 2.69. The Labute approximate surface area is 122 Å². The van der Waals surface area contributed by atoms with Crippen molar-refractivity contribution in [1.82, 2.24) is 0 Å². The zero-order valence-corrected chi connectivity index (χ0v) is 11.8. The molecular formula is C15H13NO4S. The lowest BCUT2D eigenvalue weighted by Crippen LogP contribution is -2.00. The lowest BCUT2D eigenvalue weighted by molar-refractivity contribution is 0.341. The van der Waals surface area contributed by atoms with Crippen LogP contribution in [-0.2, 0) is 9.84 Å². The number of para-hydroxylation sites is 2. The Balaban J connectivity index is 1.91. The van der Waals surface area contributed by atoms with E-state index >= 15 is 0 Å². The van der Waals surface area contributed by atoms with Crippen LogP contribution in [0.25, 0.3) is 5.57 Å². The van der Waals surface area contributed by atoms with E-state index in [0.29, 0.717) is 22.6 Å². The summed E-state index contributed by atoms with van der Waals surface area (Å²) in [6.07, 6.45) is 0. The molecule has 1 aliphatic rings. The average molecular weight is 303 g/mol. The van der Waals surface area contributed by atoms with Gasteiger partial charge >= 0.3 is 0 Å². The Kier molecular flexibility index (Phi) is 3.10. The van der Waals surface area contributed by atoms with Crippen LogP contribution < -0.4 is 10.5 Å². The second-order valence-electron chi connectivity index (χ2n) is 4.70. The summed E-state index contributed by atoms with van der Waals surface area (Å²) in [4.78, 5) is 0.229. The molecule has 108 valence electrons. The highest BCUT2D eigenvalue weighted by atomic mass is 32.2. The lowest BCUT2D eigenvalue weighted by atomic mass is 10.1. The Morgan fingerprint density at radius 1 is 1.14 bits per heavy atom.